The second-order valence-corrected chi connectivity index (χ2v) is 6.65. The van der Waals surface area contributed by atoms with E-state index in [1.807, 2.05) is 11.4 Å². The first kappa shape index (κ1) is 15.2. The maximum absolute atomic E-state index is 12.7. The lowest BCUT2D eigenvalue weighted by Crippen LogP contribution is -2.37. The summed E-state index contributed by atoms with van der Waals surface area (Å²) >= 11 is 7.53. The Bertz CT molecular complexity index is 897. The SMILES string of the molecule is O=C(c1cccc(Cl)n1)N1CCc2ncnc(-c3ccsc3)c2C1. The largest absolute Gasteiger partial charge is 0.332 e. The molecule has 5 nitrogen and oxygen atoms in total. The number of rotatable bonds is 2. The van der Waals surface area contributed by atoms with Gasteiger partial charge in [0.2, 0.25) is 0 Å². The molecule has 0 saturated carbocycles. The highest BCUT2D eigenvalue weighted by Gasteiger charge is 2.26. The number of hydrogen-bond donors (Lipinski definition) is 0. The van der Waals surface area contributed by atoms with Gasteiger partial charge in [-0.1, -0.05) is 17.7 Å². The summed E-state index contributed by atoms with van der Waals surface area (Å²) in [6.45, 7) is 1.09. The highest BCUT2D eigenvalue weighted by atomic mass is 35.5. The summed E-state index contributed by atoms with van der Waals surface area (Å²) in [6, 6.07) is 7.12. The second kappa shape index (κ2) is 6.30. The van der Waals surface area contributed by atoms with E-state index >= 15 is 0 Å². The summed E-state index contributed by atoms with van der Waals surface area (Å²) in [4.78, 5) is 27.4. The third kappa shape index (κ3) is 2.79. The number of aromatic nitrogens is 3. The molecule has 0 aliphatic carbocycles. The lowest BCUT2D eigenvalue weighted by Gasteiger charge is -2.29. The zero-order valence-corrected chi connectivity index (χ0v) is 14.2. The summed E-state index contributed by atoms with van der Waals surface area (Å²) in [5.74, 6) is -0.122. The first-order valence-electron chi connectivity index (χ1n) is 7.49. The van der Waals surface area contributed by atoms with Gasteiger partial charge in [-0.05, 0) is 23.6 Å². The van der Waals surface area contributed by atoms with Crippen molar-refractivity contribution in [2.45, 2.75) is 13.0 Å². The van der Waals surface area contributed by atoms with Crippen LogP contribution in [0.2, 0.25) is 5.15 Å². The smallest absolute Gasteiger partial charge is 0.272 e. The molecule has 3 aromatic heterocycles. The van der Waals surface area contributed by atoms with Crippen molar-refractivity contribution in [3.63, 3.8) is 0 Å². The summed E-state index contributed by atoms with van der Waals surface area (Å²) in [5.41, 5.74) is 4.35. The van der Waals surface area contributed by atoms with E-state index in [4.69, 9.17) is 11.6 Å². The standard InChI is InChI=1S/C17H13ClN4OS/c18-15-3-1-2-14(21-15)17(23)22-6-4-13-12(8-22)16(20-10-19-13)11-5-7-24-9-11/h1-3,5,7,9-10H,4,6,8H2. The molecule has 0 spiro atoms. The molecule has 0 saturated heterocycles. The normalized spacial score (nSPS) is 13.6. The minimum Gasteiger partial charge on any atom is -0.332 e. The van der Waals surface area contributed by atoms with Crippen LogP contribution in [0.3, 0.4) is 0 Å². The predicted molar refractivity (Wildman–Crippen MR) is 93.0 cm³/mol. The lowest BCUT2D eigenvalue weighted by molar-refractivity contribution is 0.0727. The van der Waals surface area contributed by atoms with Crippen molar-refractivity contribution in [1.82, 2.24) is 19.9 Å². The molecule has 0 aromatic carbocycles. The molecular weight excluding hydrogens is 344 g/mol. The predicted octanol–water partition coefficient (Wildman–Crippen LogP) is 3.45. The average molecular weight is 357 g/mol. The third-order valence-corrected chi connectivity index (χ3v) is 4.91. The van der Waals surface area contributed by atoms with Gasteiger partial charge in [0, 0.05) is 36.0 Å². The van der Waals surface area contributed by atoms with Gasteiger partial charge < -0.3 is 4.90 Å². The van der Waals surface area contributed by atoms with Crippen LogP contribution in [0.4, 0.5) is 0 Å². The molecule has 7 heteroatoms. The van der Waals surface area contributed by atoms with Gasteiger partial charge in [0.25, 0.3) is 5.91 Å². The Morgan fingerprint density at radius 2 is 2.17 bits per heavy atom. The maximum Gasteiger partial charge on any atom is 0.272 e. The molecule has 1 aliphatic rings. The molecule has 0 bridgehead atoms. The lowest BCUT2D eigenvalue weighted by atomic mass is 10.0. The van der Waals surface area contributed by atoms with Crippen molar-refractivity contribution in [3.05, 3.63) is 63.5 Å². The highest BCUT2D eigenvalue weighted by Crippen LogP contribution is 2.29. The molecule has 24 heavy (non-hydrogen) atoms. The Hall–Kier alpha value is -2.31. The van der Waals surface area contributed by atoms with Gasteiger partial charge in [0.05, 0.1) is 11.4 Å². The highest BCUT2D eigenvalue weighted by molar-refractivity contribution is 7.08. The minimum atomic E-state index is -0.122. The van der Waals surface area contributed by atoms with Crippen molar-refractivity contribution >= 4 is 28.8 Å². The molecule has 3 aromatic rings. The number of hydrogen-bond acceptors (Lipinski definition) is 5. The minimum absolute atomic E-state index is 0.122. The summed E-state index contributed by atoms with van der Waals surface area (Å²) < 4.78 is 0. The van der Waals surface area contributed by atoms with Gasteiger partial charge in [0.15, 0.2) is 0 Å². The van der Waals surface area contributed by atoms with Crippen LogP contribution in [0.25, 0.3) is 11.3 Å². The molecule has 4 rings (SSSR count). The van der Waals surface area contributed by atoms with Gasteiger partial charge in [-0.15, -0.1) is 0 Å². The van der Waals surface area contributed by atoms with Crippen molar-refractivity contribution in [2.24, 2.45) is 0 Å². The number of pyridine rings is 1. The van der Waals surface area contributed by atoms with E-state index < -0.39 is 0 Å². The molecule has 0 unspecified atom stereocenters. The van der Waals surface area contributed by atoms with E-state index in [9.17, 15) is 4.79 Å². The van der Waals surface area contributed by atoms with Crippen LogP contribution >= 0.6 is 22.9 Å². The fourth-order valence-corrected chi connectivity index (χ4v) is 3.66. The van der Waals surface area contributed by atoms with E-state index in [0.717, 1.165) is 22.5 Å². The van der Waals surface area contributed by atoms with E-state index in [-0.39, 0.29) is 5.91 Å². The van der Waals surface area contributed by atoms with Crippen molar-refractivity contribution in [2.75, 3.05) is 6.54 Å². The number of carbonyl (C=O) groups is 1. The van der Waals surface area contributed by atoms with Crippen LogP contribution in [-0.2, 0) is 13.0 Å². The van der Waals surface area contributed by atoms with Crippen molar-refractivity contribution < 1.29 is 4.79 Å². The molecular formula is C17H13ClN4OS. The Morgan fingerprint density at radius 3 is 2.96 bits per heavy atom. The monoisotopic (exact) mass is 356 g/mol. The van der Waals surface area contributed by atoms with Gasteiger partial charge in [-0.3, -0.25) is 4.79 Å². The van der Waals surface area contributed by atoms with Gasteiger partial charge in [-0.2, -0.15) is 11.3 Å². The summed E-state index contributed by atoms with van der Waals surface area (Å²) in [7, 11) is 0. The summed E-state index contributed by atoms with van der Waals surface area (Å²) in [6.07, 6.45) is 2.31. The van der Waals surface area contributed by atoms with Crippen LogP contribution < -0.4 is 0 Å². The quantitative estimate of drug-likeness (QED) is 0.660. The van der Waals surface area contributed by atoms with E-state index in [1.54, 1.807) is 40.8 Å². The molecule has 0 radical (unpaired) electrons. The Morgan fingerprint density at radius 1 is 1.25 bits per heavy atom. The van der Waals surface area contributed by atoms with Gasteiger partial charge in [0.1, 0.15) is 17.2 Å². The number of thiophene rings is 1. The van der Waals surface area contributed by atoms with Crippen LogP contribution in [-0.4, -0.2) is 32.3 Å². The Balaban J connectivity index is 1.67. The molecule has 0 atom stereocenters. The summed E-state index contributed by atoms with van der Waals surface area (Å²) in [5, 5.41) is 4.40. The molecule has 4 heterocycles. The zero-order valence-electron chi connectivity index (χ0n) is 12.6. The molecule has 1 aliphatic heterocycles. The Kier molecular flexibility index (Phi) is 4.00. The number of nitrogens with zero attached hydrogens (tertiary/aromatic N) is 4. The van der Waals surface area contributed by atoms with Crippen LogP contribution in [0.15, 0.2) is 41.4 Å². The molecule has 120 valence electrons. The van der Waals surface area contributed by atoms with Crippen molar-refractivity contribution in [3.8, 4) is 11.3 Å². The van der Waals surface area contributed by atoms with E-state index in [2.05, 4.69) is 20.3 Å². The number of carbonyl (C=O) groups excluding carboxylic acids is 1. The fourth-order valence-electron chi connectivity index (χ4n) is 2.85. The number of fused-ring (bicyclic) bond motifs is 1. The second-order valence-electron chi connectivity index (χ2n) is 5.48. The molecule has 0 N–H and O–H groups in total. The van der Waals surface area contributed by atoms with Gasteiger partial charge >= 0.3 is 0 Å². The van der Waals surface area contributed by atoms with Crippen LogP contribution in [0.1, 0.15) is 21.7 Å². The topological polar surface area (TPSA) is 59.0 Å². The van der Waals surface area contributed by atoms with Crippen LogP contribution in [0, 0.1) is 0 Å². The maximum atomic E-state index is 12.7. The molecule has 1 amide bonds. The fraction of sp³-hybridized carbons (Fsp3) is 0.176. The first-order valence-corrected chi connectivity index (χ1v) is 8.81. The first-order chi connectivity index (χ1) is 11.7. The third-order valence-electron chi connectivity index (χ3n) is 4.02. The number of halogens is 1. The Labute approximate surface area is 148 Å². The van der Waals surface area contributed by atoms with Crippen LogP contribution in [0.5, 0.6) is 0 Å². The average Bonchev–Trinajstić information content (AvgIpc) is 3.14. The van der Waals surface area contributed by atoms with E-state index in [0.29, 0.717) is 30.4 Å². The van der Waals surface area contributed by atoms with Gasteiger partial charge in [-0.25, -0.2) is 15.0 Å². The zero-order chi connectivity index (χ0) is 16.5. The number of amides is 1. The van der Waals surface area contributed by atoms with Crippen molar-refractivity contribution in [1.29, 1.82) is 0 Å². The van der Waals surface area contributed by atoms with E-state index in [1.165, 1.54) is 0 Å². The molecule has 0 fully saturated rings.